The summed E-state index contributed by atoms with van der Waals surface area (Å²) in [6.45, 7) is 14.1. The summed E-state index contributed by atoms with van der Waals surface area (Å²) in [6.07, 6.45) is 24.5. The Morgan fingerprint density at radius 3 is 1.51 bits per heavy atom. The quantitative estimate of drug-likeness (QED) is 0.104. The van der Waals surface area contributed by atoms with Crippen molar-refractivity contribution in [2.45, 2.75) is 187 Å². The Morgan fingerprint density at radius 2 is 1.04 bits per heavy atom. The van der Waals surface area contributed by atoms with Crippen LogP contribution in [0.3, 0.4) is 0 Å². The molecule has 0 aromatic heterocycles. The van der Waals surface area contributed by atoms with E-state index in [4.69, 9.17) is 4.74 Å². The summed E-state index contributed by atoms with van der Waals surface area (Å²) < 4.78 is 6.02. The van der Waals surface area contributed by atoms with E-state index in [-0.39, 0.29) is 11.9 Å². The molecule has 1 aliphatic rings. The van der Waals surface area contributed by atoms with Crippen molar-refractivity contribution >= 4 is 5.91 Å². The molecule has 1 heterocycles. The summed E-state index contributed by atoms with van der Waals surface area (Å²) >= 11 is 0. The summed E-state index contributed by atoms with van der Waals surface area (Å²) in [5.74, 6) is 0.999. The summed E-state index contributed by atoms with van der Waals surface area (Å²) in [5.41, 5.74) is 1.90. The predicted octanol–water partition coefficient (Wildman–Crippen LogP) is 12.6. The second-order valence-electron chi connectivity index (χ2n) is 16.1. The Kier molecular flexibility index (Phi) is 18.2. The van der Waals surface area contributed by atoms with Gasteiger partial charge in [0.1, 0.15) is 5.75 Å². The van der Waals surface area contributed by atoms with Gasteiger partial charge in [-0.2, -0.15) is 0 Å². The first-order valence-corrected chi connectivity index (χ1v) is 20.2. The van der Waals surface area contributed by atoms with Crippen LogP contribution >= 0.6 is 0 Å². The van der Waals surface area contributed by atoms with Crippen molar-refractivity contribution in [3.63, 3.8) is 0 Å². The lowest BCUT2D eigenvalue weighted by molar-refractivity contribution is -0.293. The molecule has 5 heteroatoms. The summed E-state index contributed by atoms with van der Waals surface area (Å²) in [7, 11) is 0. The van der Waals surface area contributed by atoms with Gasteiger partial charge in [0.25, 0.3) is 5.91 Å². The van der Waals surface area contributed by atoms with Gasteiger partial charge in [-0.25, -0.2) is 0 Å². The number of hydrogen-bond donors (Lipinski definition) is 0. The molecule has 0 bridgehead atoms. The maximum atomic E-state index is 14.2. The third-order valence-electron chi connectivity index (χ3n) is 10.6. The van der Waals surface area contributed by atoms with Crippen LogP contribution < -0.4 is 4.74 Å². The molecule has 1 radical (unpaired) electrons. The zero-order valence-corrected chi connectivity index (χ0v) is 32.4. The lowest BCUT2D eigenvalue weighted by Gasteiger charge is -2.52. The molecule has 275 valence electrons. The van der Waals surface area contributed by atoms with Crippen molar-refractivity contribution in [1.82, 2.24) is 9.96 Å². The van der Waals surface area contributed by atoms with E-state index in [1.165, 1.54) is 101 Å². The first-order chi connectivity index (χ1) is 23.6. The number of carbonyl (C=O) groups is 1. The number of carbonyl (C=O) groups excluding carboxylic acids is 1. The average molecular weight is 676 g/mol. The molecule has 2 aromatic rings. The zero-order valence-electron chi connectivity index (χ0n) is 32.4. The van der Waals surface area contributed by atoms with Crippen LogP contribution in [0.25, 0.3) is 11.1 Å². The van der Waals surface area contributed by atoms with E-state index in [0.29, 0.717) is 12.8 Å². The van der Waals surface area contributed by atoms with Gasteiger partial charge in [0.2, 0.25) is 0 Å². The van der Waals surface area contributed by atoms with Crippen molar-refractivity contribution < 1.29 is 14.7 Å². The highest BCUT2D eigenvalue weighted by Crippen LogP contribution is 2.39. The van der Waals surface area contributed by atoms with Crippen LogP contribution in [0.15, 0.2) is 48.5 Å². The van der Waals surface area contributed by atoms with Crippen LogP contribution in [0, 0.1) is 0 Å². The Hall–Kier alpha value is -2.37. The Balaban J connectivity index is 1.56. The van der Waals surface area contributed by atoms with E-state index in [9.17, 15) is 10.0 Å². The summed E-state index contributed by atoms with van der Waals surface area (Å²) in [6, 6.07) is 16.5. The maximum Gasteiger partial charge on any atom is 0.254 e. The van der Waals surface area contributed by atoms with E-state index < -0.39 is 11.1 Å². The topological polar surface area (TPSA) is 52.7 Å². The SMILES string of the molecule is CCCCCCCCCCCCN(C(=O)c1ccc(-c2ccc(OCCCCCCCCCC)cc2)cc1)C1CC(C)(C)N([O])C(C)(C)C1. The van der Waals surface area contributed by atoms with Gasteiger partial charge in [0.15, 0.2) is 0 Å². The number of ether oxygens (including phenoxy) is 1. The fraction of sp³-hybridized carbons (Fsp3) is 0.705. The van der Waals surface area contributed by atoms with E-state index in [2.05, 4.69) is 55.1 Å². The lowest BCUT2D eigenvalue weighted by atomic mass is 9.78. The average Bonchev–Trinajstić information content (AvgIpc) is 3.08. The monoisotopic (exact) mass is 676 g/mol. The minimum Gasteiger partial charge on any atom is -0.494 e. The van der Waals surface area contributed by atoms with Crippen LogP contribution in [0.4, 0.5) is 0 Å². The number of unbranched alkanes of at least 4 members (excludes halogenated alkanes) is 16. The predicted molar refractivity (Wildman–Crippen MR) is 207 cm³/mol. The minimum atomic E-state index is -0.518. The molecule has 49 heavy (non-hydrogen) atoms. The molecule has 2 aromatic carbocycles. The summed E-state index contributed by atoms with van der Waals surface area (Å²) in [4.78, 5) is 16.3. The molecule has 0 atom stereocenters. The van der Waals surface area contributed by atoms with Crippen LogP contribution in [0.2, 0.25) is 0 Å². The smallest absolute Gasteiger partial charge is 0.254 e. The van der Waals surface area contributed by atoms with Crippen LogP contribution in [0.5, 0.6) is 5.75 Å². The molecular formula is C44H71N2O3. The Morgan fingerprint density at radius 1 is 0.633 bits per heavy atom. The van der Waals surface area contributed by atoms with Crippen molar-refractivity contribution in [1.29, 1.82) is 0 Å². The molecule has 0 N–H and O–H groups in total. The largest absolute Gasteiger partial charge is 0.494 e. The zero-order chi connectivity index (χ0) is 35.5. The number of amides is 1. The molecular weight excluding hydrogens is 604 g/mol. The van der Waals surface area contributed by atoms with Gasteiger partial charge in [0, 0.05) is 29.2 Å². The van der Waals surface area contributed by atoms with Crippen molar-refractivity contribution in [2.24, 2.45) is 0 Å². The highest BCUT2D eigenvalue weighted by atomic mass is 16.5. The van der Waals surface area contributed by atoms with Gasteiger partial charge < -0.3 is 9.64 Å². The van der Waals surface area contributed by atoms with E-state index in [1.54, 1.807) is 0 Å². The number of nitrogens with zero attached hydrogens (tertiary/aromatic N) is 2. The van der Waals surface area contributed by atoms with E-state index in [0.717, 1.165) is 54.9 Å². The van der Waals surface area contributed by atoms with Crippen molar-refractivity contribution in [3.8, 4) is 16.9 Å². The number of piperidine rings is 1. The van der Waals surface area contributed by atoms with E-state index >= 15 is 0 Å². The fourth-order valence-electron chi connectivity index (χ4n) is 7.79. The third-order valence-corrected chi connectivity index (χ3v) is 10.6. The molecule has 0 saturated carbocycles. The lowest BCUT2D eigenvalue weighted by Crippen LogP contribution is -2.63. The van der Waals surface area contributed by atoms with Crippen LogP contribution in [0.1, 0.15) is 180 Å². The molecule has 5 nitrogen and oxygen atoms in total. The normalized spacial score (nSPS) is 16.1. The molecule has 1 saturated heterocycles. The molecule has 3 rings (SSSR count). The Bertz CT molecular complexity index is 1160. The van der Waals surface area contributed by atoms with Crippen LogP contribution in [-0.4, -0.2) is 46.1 Å². The molecule has 1 amide bonds. The molecule has 1 fully saturated rings. The highest BCUT2D eigenvalue weighted by molar-refractivity contribution is 5.95. The highest BCUT2D eigenvalue weighted by Gasteiger charge is 2.48. The molecule has 0 spiro atoms. The second kappa shape index (κ2) is 21.8. The van der Waals surface area contributed by atoms with Gasteiger partial charge in [-0.3, -0.25) is 4.79 Å². The molecule has 0 aliphatic carbocycles. The summed E-state index contributed by atoms with van der Waals surface area (Å²) in [5, 5.41) is 14.4. The first-order valence-electron chi connectivity index (χ1n) is 20.2. The minimum absolute atomic E-state index is 0.0410. The van der Waals surface area contributed by atoms with Crippen molar-refractivity contribution in [2.75, 3.05) is 13.2 Å². The number of hydrogen-bond acceptors (Lipinski definition) is 3. The number of rotatable bonds is 24. The fourth-order valence-corrected chi connectivity index (χ4v) is 7.79. The van der Waals surface area contributed by atoms with Gasteiger partial charge in [0.05, 0.1) is 6.61 Å². The van der Waals surface area contributed by atoms with Crippen molar-refractivity contribution in [3.05, 3.63) is 54.1 Å². The van der Waals surface area contributed by atoms with Crippen LogP contribution in [-0.2, 0) is 5.21 Å². The Labute approximate surface area is 301 Å². The third kappa shape index (κ3) is 14.0. The van der Waals surface area contributed by atoms with Gasteiger partial charge >= 0.3 is 0 Å². The number of hydroxylamine groups is 2. The standard InChI is InChI=1S/C44H71N2O3/c1-7-9-11-13-15-17-18-19-21-23-33-45(40-35-43(3,4)46(48)44(5,6)36-40)42(47)39-27-25-37(26-28-39)38-29-31-41(32-30-38)49-34-24-22-20-16-14-12-10-8-2/h25-32,40H,7-24,33-36H2,1-6H3. The molecule has 1 aliphatic heterocycles. The maximum absolute atomic E-state index is 14.2. The van der Waals surface area contributed by atoms with Gasteiger partial charge in [-0.1, -0.05) is 141 Å². The molecule has 0 unspecified atom stereocenters. The number of benzene rings is 2. The van der Waals surface area contributed by atoms with Gasteiger partial charge in [-0.15, -0.1) is 10.3 Å². The second-order valence-corrected chi connectivity index (χ2v) is 16.1. The van der Waals surface area contributed by atoms with E-state index in [1.807, 2.05) is 39.8 Å². The first kappa shape index (κ1) is 41.1. The van der Waals surface area contributed by atoms with Gasteiger partial charge in [-0.05, 0) is 88.8 Å².